The molecule has 5 nitrogen and oxygen atoms in total. The Morgan fingerprint density at radius 2 is 1.64 bits per heavy atom. The van der Waals surface area contributed by atoms with Crippen molar-refractivity contribution in [3.05, 3.63) is 72.8 Å². The van der Waals surface area contributed by atoms with Gasteiger partial charge in [0.2, 0.25) is 15.9 Å². The maximum absolute atomic E-state index is 13.3. The largest absolute Gasteiger partial charge is 0.314 e. The topological polar surface area (TPSA) is 57.7 Å². The summed E-state index contributed by atoms with van der Waals surface area (Å²) in [7, 11) is -2.06. The van der Waals surface area contributed by atoms with Crippen LogP contribution in [0.15, 0.2) is 77.7 Å². The van der Waals surface area contributed by atoms with Gasteiger partial charge in [-0.2, -0.15) is 4.31 Å². The first-order chi connectivity index (χ1) is 13.5. The summed E-state index contributed by atoms with van der Waals surface area (Å²) >= 11 is 0. The molecule has 0 N–H and O–H groups in total. The third-order valence-corrected chi connectivity index (χ3v) is 7.19. The van der Waals surface area contributed by atoms with E-state index in [2.05, 4.69) is 0 Å². The Bertz CT molecular complexity index is 1110. The molecule has 1 heterocycles. The molecule has 0 saturated carbocycles. The predicted octanol–water partition coefficient (Wildman–Crippen LogP) is 3.66. The zero-order valence-corrected chi connectivity index (χ0v) is 16.5. The Morgan fingerprint density at radius 3 is 2.39 bits per heavy atom. The van der Waals surface area contributed by atoms with Crippen LogP contribution in [0.5, 0.6) is 0 Å². The van der Waals surface area contributed by atoms with Crippen LogP contribution in [0.3, 0.4) is 0 Å². The van der Waals surface area contributed by atoms with Crippen LogP contribution < -0.4 is 4.90 Å². The van der Waals surface area contributed by atoms with Crippen LogP contribution in [0.2, 0.25) is 0 Å². The van der Waals surface area contributed by atoms with Crippen molar-refractivity contribution < 1.29 is 13.2 Å². The third kappa shape index (κ3) is 3.30. The van der Waals surface area contributed by atoms with Crippen molar-refractivity contribution in [3.8, 4) is 0 Å². The fourth-order valence-electron chi connectivity index (χ4n) is 3.74. The Morgan fingerprint density at radius 1 is 0.964 bits per heavy atom. The molecule has 0 spiro atoms. The molecule has 144 valence electrons. The number of para-hydroxylation sites is 1. The smallest absolute Gasteiger partial charge is 0.245 e. The lowest BCUT2D eigenvalue weighted by Crippen LogP contribution is -2.46. The fourth-order valence-corrected chi connectivity index (χ4v) is 5.43. The molecular weight excluding hydrogens is 372 g/mol. The summed E-state index contributed by atoms with van der Waals surface area (Å²) in [4.78, 5) is 14.8. The van der Waals surface area contributed by atoms with E-state index in [4.69, 9.17) is 0 Å². The Kier molecular flexibility index (Phi) is 4.91. The SMILES string of the molecule is CN(C(=O)[C@@H]1CCCN1S(=O)(=O)c1ccc2ccccc2c1)c1ccccc1. The Balaban J connectivity index is 1.65. The molecule has 1 aliphatic rings. The van der Waals surface area contributed by atoms with Crippen LogP contribution in [-0.4, -0.2) is 38.3 Å². The van der Waals surface area contributed by atoms with Gasteiger partial charge in [0.25, 0.3) is 0 Å². The van der Waals surface area contributed by atoms with Gasteiger partial charge in [0.1, 0.15) is 6.04 Å². The molecule has 0 aromatic heterocycles. The summed E-state index contributed by atoms with van der Waals surface area (Å²) in [5.74, 6) is -0.201. The van der Waals surface area contributed by atoms with Crippen LogP contribution in [0, 0.1) is 0 Å². The third-order valence-electron chi connectivity index (χ3n) is 5.29. The number of rotatable bonds is 4. The van der Waals surface area contributed by atoms with Crippen molar-refractivity contribution in [2.75, 3.05) is 18.5 Å². The summed E-state index contributed by atoms with van der Waals surface area (Å²) in [6.07, 6.45) is 1.20. The lowest BCUT2D eigenvalue weighted by atomic mass is 10.1. The second kappa shape index (κ2) is 7.37. The highest BCUT2D eigenvalue weighted by Gasteiger charge is 2.40. The van der Waals surface area contributed by atoms with Gasteiger partial charge in [0, 0.05) is 19.3 Å². The molecule has 1 fully saturated rings. The molecule has 3 aromatic carbocycles. The number of hydrogen-bond donors (Lipinski definition) is 0. The molecule has 4 rings (SSSR count). The maximum atomic E-state index is 13.3. The molecule has 0 radical (unpaired) electrons. The highest BCUT2D eigenvalue weighted by molar-refractivity contribution is 7.89. The van der Waals surface area contributed by atoms with Gasteiger partial charge < -0.3 is 4.90 Å². The summed E-state index contributed by atoms with van der Waals surface area (Å²) in [5, 5.41) is 1.85. The van der Waals surface area contributed by atoms with E-state index in [1.165, 1.54) is 4.31 Å². The van der Waals surface area contributed by atoms with Gasteiger partial charge in [-0.05, 0) is 47.9 Å². The molecule has 0 unspecified atom stereocenters. The zero-order valence-electron chi connectivity index (χ0n) is 15.7. The van der Waals surface area contributed by atoms with Gasteiger partial charge in [0.05, 0.1) is 4.90 Å². The average Bonchev–Trinajstić information content (AvgIpc) is 3.24. The maximum Gasteiger partial charge on any atom is 0.245 e. The van der Waals surface area contributed by atoms with E-state index in [0.29, 0.717) is 19.4 Å². The molecule has 1 saturated heterocycles. The monoisotopic (exact) mass is 394 g/mol. The zero-order chi connectivity index (χ0) is 19.7. The first-order valence-corrected chi connectivity index (χ1v) is 10.8. The number of likely N-dealkylation sites (N-methyl/N-ethyl adjacent to an activating group) is 1. The summed E-state index contributed by atoms with van der Waals surface area (Å²) in [6.45, 7) is 0.355. The fraction of sp³-hybridized carbons (Fsp3) is 0.227. The summed E-state index contributed by atoms with van der Waals surface area (Å²) in [5.41, 5.74) is 0.752. The number of carbonyl (C=O) groups excluding carboxylic acids is 1. The van der Waals surface area contributed by atoms with Crippen molar-refractivity contribution in [1.29, 1.82) is 0 Å². The highest BCUT2D eigenvalue weighted by Crippen LogP contribution is 2.29. The first-order valence-electron chi connectivity index (χ1n) is 9.32. The van der Waals surface area contributed by atoms with Gasteiger partial charge in [-0.3, -0.25) is 4.79 Å². The lowest BCUT2D eigenvalue weighted by Gasteiger charge is -2.27. The van der Waals surface area contributed by atoms with Gasteiger partial charge in [-0.25, -0.2) is 8.42 Å². The molecule has 0 bridgehead atoms. The minimum Gasteiger partial charge on any atom is -0.314 e. The second-order valence-electron chi connectivity index (χ2n) is 7.02. The van der Waals surface area contributed by atoms with Crippen molar-refractivity contribution in [3.63, 3.8) is 0 Å². The van der Waals surface area contributed by atoms with Crippen molar-refractivity contribution >= 4 is 32.4 Å². The van der Waals surface area contributed by atoms with E-state index in [1.54, 1.807) is 24.1 Å². The van der Waals surface area contributed by atoms with Crippen LogP contribution in [0.25, 0.3) is 10.8 Å². The minimum absolute atomic E-state index is 0.201. The molecule has 1 aliphatic heterocycles. The van der Waals surface area contributed by atoms with Crippen LogP contribution in [0.4, 0.5) is 5.69 Å². The number of anilines is 1. The van der Waals surface area contributed by atoms with E-state index in [9.17, 15) is 13.2 Å². The summed E-state index contributed by atoms with van der Waals surface area (Å²) < 4.78 is 28.0. The van der Waals surface area contributed by atoms with E-state index in [1.807, 2.05) is 60.7 Å². The van der Waals surface area contributed by atoms with Crippen LogP contribution in [0.1, 0.15) is 12.8 Å². The number of fused-ring (bicyclic) bond motifs is 1. The summed E-state index contributed by atoms with van der Waals surface area (Å²) in [6, 6.07) is 21.4. The minimum atomic E-state index is -3.75. The number of hydrogen-bond acceptors (Lipinski definition) is 3. The number of nitrogens with zero attached hydrogens (tertiary/aromatic N) is 2. The van der Waals surface area contributed by atoms with E-state index in [-0.39, 0.29) is 10.8 Å². The molecular formula is C22H22N2O3S. The molecule has 28 heavy (non-hydrogen) atoms. The predicted molar refractivity (Wildman–Crippen MR) is 111 cm³/mol. The van der Waals surface area contributed by atoms with Crippen LogP contribution >= 0.6 is 0 Å². The quantitative estimate of drug-likeness (QED) is 0.679. The molecule has 1 atom stereocenters. The molecule has 0 aliphatic carbocycles. The Hall–Kier alpha value is -2.70. The highest BCUT2D eigenvalue weighted by atomic mass is 32.2. The van der Waals surface area contributed by atoms with Gasteiger partial charge in [-0.15, -0.1) is 0 Å². The Labute approximate surface area is 165 Å². The van der Waals surface area contributed by atoms with E-state index in [0.717, 1.165) is 16.5 Å². The normalized spacial score (nSPS) is 17.7. The van der Waals surface area contributed by atoms with Gasteiger partial charge in [0.15, 0.2) is 0 Å². The van der Waals surface area contributed by atoms with Crippen molar-refractivity contribution in [2.24, 2.45) is 0 Å². The van der Waals surface area contributed by atoms with E-state index < -0.39 is 16.1 Å². The molecule has 1 amide bonds. The number of benzene rings is 3. The van der Waals surface area contributed by atoms with Crippen LogP contribution in [-0.2, 0) is 14.8 Å². The first kappa shape index (κ1) is 18.7. The number of sulfonamides is 1. The second-order valence-corrected chi connectivity index (χ2v) is 8.91. The van der Waals surface area contributed by atoms with Crippen molar-refractivity contribution in [1.82, 2.24) is 4.31 Å². The van der Waals surface area contributed by atoms with E-state index >= 15 is 0 Å². The van der Waals surface area contributed by atoms with Gasteiger partial charge >= 0.3 is 0 Å². The lowest BCUT2D eigenvalue weighted by molar-refractivity contribution is -0.121. The van der Waals surface area contributed by atoms with Crippen molar-refractivity contribution in [2.45, 2.75) is 23.8 Å². The molecule has 3 aromatic rings. The standard InChI is InChI=1S/C22H22N2O3S/c1-23(19-10-3-2-4-11-19)22(25)21-12-7-15-24(21)28(26,27)20-14-13-17-8-5-6-9-18(17)16-20/h2-6,8-11,13-14,16,21H,7,12,15H2,1H3/t21-/m0/s1. The average molecular weight is 394 g/mol. The molecule has 6 heteroatoms. The number of carbonyl (C=O) groups is 1. The van der Waals surface area contributed by atoms with Gasteiger partial charge in [-0.1, -0.05) is 48.5 Å². The number of amides is 1.